The minimum atomic E-state index is -4.28. The van der Waals surface area contributed by atoms with Crippen LogP contribution in [-0.2, 0) is 27.7 Å². The number of Topliss-reactive ketones (excluding diaryl/α,β-unsaturated/α-hetero) is 1. The standard InChI is InChI=1S/C21H17BrF2N2O3S/c22-19-11-16(23)12-20(24)21(19)30(28,29)26-17-6-3-14(4-7-17)10-18(27)8-5-15-2-1-9-25-13-15/h1-4,6-7,9,11-13,26H,5,8,10H2. The van der Waals surface area contributed by atoms with Crippen molar-refractivity contribution in [3.05, 3.63) is 88.2 Å². The monoisotopic (exact) mass is 494 g/mol. The molecule has 1 aromatic heterocycles. The fraction of sp³-hybridized carbons (Fsp3) is 0.143. The molecule has 0 atom stereocenters. The first-order valence-corrected chi connectivity index (χ1v) is 11.2. The van der Waals surface area contributed by atoms with Crippen molar-refractivity contribution >= 4 is 37.4 Å². The van der Waals surface area contributed by atoms with E-state index in [4.69, 9.17) is 0 Å². The van der Waals surface area contributed by atoms with Crippen molar-refractivity contribution in [1.82, 2.24) is 4.98 Å². The largest absolute Gasteiger partial charge is 0.299 e. The van der Waals surface area contributed by atoms with Crippen molar-refractivity contribution in [2.24, 2.45) is 0 Å². The van der Waals surface area contributed by atoms with E-state index >= 15 is 0 Å². The molecule has 3 rings (SSSR count). The molecule has 0 fully saturated rings. The number of aryl methyl sites for hydroxylation is 1. The topological polar surface area (TPSA) is 76.1 Å². The number of ketones is 1. The molecule has 0 unspecified atom stereocenters. The van der Waals surface area contributed by atoms with Gasteiger partial charge in [0.05, 0.1) is 0 Å². The molecule has 0 aliphatic carbocycles. The number of aromatic nitrogens is 1. The van der Waals surface area contributed by atoms with E-state index in [9.17, 15) is 22.0 Å². The number of pyridine rings is 1. The highest BCUT2D eigenvalue weighted by Gasteiger charge is 2.24. The number of carbonyl (C=O) groups is 1. The number of hydrogen-bond donors (Lipinski definition) is 1. The molecule has 0 radical (unpaired) electrons. The first-order chi connectivity index (χ1) is 14.2. The Morgan fingerprint density at radius 1 is 1.07 bits per heavy atom. The predicted molar refractivity (Wildman–Crippen MR) is 113 cm³/mol. The Kier molecular flexibility index (Phi) is 6.94. The van der Waals surface area contributed by atoms with Gasteiger partial charge in [0.15, 0.2) is 0 Å². The van der Waals surface area contributed by atoms with E-state index in [0.29, 0.717) is 18.9 Å². The van der Waals surface area contributed by atoms with Crippen molar-refractivity contribution in [2.75, 3.05) is 4.72 Å². The number of anilines is 1. The Hall–Kier alpha value is -2.65. The quantitative estimate of drug-likeness (QED) is 0.493. The van der Waals surface area contributed by atoms with E-state index < -0.39 is 26.6 Å². The van der Waals surface area contributed by atoms with Gasteiger partial charge in [-0.1, -0.05) is 18.2 Å². The summed E-state index contributed by atoms with van der Waals surface area (Å²) in [4.78, 5) is 15.5. The SMILES string of the molecule is O=C(CCc1cccnc1)Cc1ccc(NS(=O)(=O)c2c(F)cc(F)cc2Br)cc1. The summed E-state index contributed by atoms with van der Waals surface area (Å²) in [7, 11) is -4.28. The Morgan fingerprint density at radius 3 is 2.43 bits per heavy atom. The zero-order valence-corrected chi connectivity index (χ0v) is 18.0. The van der Waals surface area contributed by atoms with Gasteiger partial charge in [-0.15, -0.1) is 0 Å². The molecule has 2 aromatic carbocycles. The van der Waals surface area contributed by atoms with Crippen LogP contribution in [0, 0.1) is 11.6 Å². The molecular weight excluding hydrogens is 478 g/mol. The highest BCUT2D eigenvalue weighted by molar-refractivity contribution is 9.10. The number of nitrogens with one attached hydrogen (secondary N) is 1. The average Bonchev–Trinajstić information content (AvgIpc) is 2.67. The molecule has 0 amide bonds. The minimum Gasteiger partial charge on any atom is -0.299 e. The smallest absolute Gasteiger partial charge is 0.265 e. The van der Waals surface area contributed by atoms with Crippen LogP contribution in [0.3, 0.4) is 0 Å². The lowest BCUT2D eigenvalue weighted by Gasteiger charge is -2.11. The Labute approximate surface area is 181 Å². The predicted octanol–water partition coefficient (Wildman–Crippen LogP) is 4.67. The summed E-state index contributed by atoms with van der Waals surface area (Å²) in [5.41, 5.74) is 1.90. The van der Waals surface area contributed by atoms with Crippen molar-refractivity contribution in [2.45, 2.75) is 24.2 Å². The second-order valence-electron chi connectivity index (χ2n) is 6.58. The second kappa shape index (κ2) is 9.44. The van der Waals surface area contributed by atoms with E-state index in [-0.39, 0.29) is 22.4 Å². The third-order valence-electron chi connectivity index (χ3n) is 4.25. The van der Waals surface area contributed by atoms with Gasteiger partial charge in [0, 0.05) is 41.5 Å². The fourth-order valence-corrected chi connectivity index (χ4v) is 5.06. The molecule has 5 nitrogen and oxygen atoms in total. The van der Waals surface area contributed by atoms with E-state index in [0.717, 1.165) is 17.2 Å². The van der Waals surface area contributed by atoms with Crippen LogP contribution in [0.15, 0.2) is 70.3 Å². The molecule has 1 heterocycles. The van der Waals surface area contributed by atoms with Crippen molar-refractivity contribution in [3.63, 3.8) is 0 Å². The van der Waals surface area contributed by atoms with Crippen LogP contribution in [-0.4, -0.2) is 19.2 Å². The Bertz CT molecular complexity index is 1130. The van der Waals surface area contributed by atoms with Crippen LogP contribution in [0.2, 0.25) is 0 Å². The van der Waals surface area contributed by atoms with Crippen LogP contribution < -0.4 is 4.72 Å². The molecule has 30 heavy (non-hydrogen) atoms. The van der Waals surface area contributed by atoms with Gasteiger partial charge >= 0.3 is 0 Å². The number of carbonyl (C=O) groups excluding carboxylic acids is 1. The summed E-state index contributed by atoms with van der Waals surface area (Å²) in [6, 6.07) is 11.3. The lowest BCUT2D eigenvalue weighted by molar-refractivity contribution is -0.118. The minimum absolute atomic E-state index is 0.0458. The van der Waals surface area contributed by atoms with Gasteiger partial charge in [0.25, 0.3) is 10.0 Å². The van der Waals surface area contributed by atoms with E-state index in [1.807, 2.05) is 12.1 Å². The van der Waals surface area contributed by atoms with E-state index in [1.54, 1.807) is 24.5 Å². The highest BCUT2D eigenvalue weighted by Crippen LogP contribution is 2.28. The molecule has 156 valence electrons. The van der Waals surface area contributed by atoms with Gasteiger partial charge in [0.1, 0.15) is 22.3 Å². The number of sulfonamides is 1. The lowest BCUT2D eigenvalue weighted by Crippen LogP contribution is -2.15. The van der Waals surface area contributed by atoms with Gasteiger partial charge in [-0.05, 0) is 57.7 Å². The highest BCUT2D eigenvalue weighted by atomic mass is 79.9. The Balaban J connectivity index is 1.63. The number of halogens is 3. The zero-order valence-electron chi connectivity index (χ0n) is 15.6. The fourth-order valence-electron chi connectivity index (χ4n) is 2.83. The molecule has 0 bridgehead atoms. The van der Waals surface area contributed by atoms with Gasteiger partial charge in [0.2, 0.25) is 0 Å². The molecule has 1 N–H and O–H groups in total. The van der Waals surface area contributed by atoms with Crippen LogP contribution in [0.25, 0.3) is 0 Å². The average molecular weight is 495 g/mol. The molecule has 0 aliphatic rings. The number of rotatable bonds is 8. The maximum absolute atomic E-state index is 14.0. The summed E-state index contributed by atoms with van der Waals surface area (Å²) in [6.45, 7) is 0. The number of hydrogen-bond acceptors (Lipinski definition) is 4. The van der Waals surface area contributed by atoms with E-state index in [1.165, 1.54) is 12.1 Å². The van der Waals surface area contributed by atoms with Crippen molar-refractivity contribution in [3.8, 4) is 0 Å². The Morgan fingerprint density at radius 2 is 1.80 bits per heavy atom. The summed E-state index contributed by atoms with van der Waals surface area (Å²) in [5, 5.41) is 0. The van der Waals surface area contributed by atoms with E-state index in [2.05, 4.69) is 25.6 Å². The van der Waals surface area contributed by atoms with Gasteiger partial charge < -0.3 is 0 Å². The molecule has 3 aromatic rings. The third kappa shape index (κ3) is 5.70. The molecule has 0 aliphatic heterocycles. The lowest BCUT2D eigenvalue weighted by atomic mass is 10.0. The zero-order chi connectivity index (χ0) is 21.7. The van der Waals surface area contributed by atoms with Crippen molar-refractivity contribution < 1.29 is 22.0 Å². The van der Waals surface area contributed by atoms with Crippen LogP contribution >= 0.6 is 15.9 Å². The van der Waals surface area contributed by atoms with Crippen molar-refractivity contribution in [1.29, 1.82) is 0 Å². The molecule has 0 saturated carbocycles. The summed E-state index contributed by atoms with van der Waals surface area (Å²) >= 11 is 2.88. The molecule has 9 heteroatoms. The molecule has 0 saturated heterocycles. The second-order valence-corrected chi connectivity index (χ2v) is 9.05. The molecule has 0 spiro atoms. The maximum Gasteiger partial charge on any atom is 0.265 e. The van der Waals surface area contributed by atoms with Gasteiger partial charge in [-0.3, -0.25) is 14.5 Å². The van der Waals surface area contributed by atoms with Crippen LogP contribution in [0.4, 0.5) is 14.5 Å². The normalized spacial score (nSPS) is 11.3. The maximum atomic E-state index is 14.0. The first kappa shape index (κ1) is 22.0. The van der Waals surface area contributed by atoms with Gasteiger partial charge in [-0.2, -0.15) is 0 Å². The first-order valence-electron chi connectivity index (χ1n) is 8.91. The van der Waals surface area contributed by atoms with Crippen LogP contribution in [0.1, 0.15) is 17.5 Å². The van der Waals surface area contributed by atoms with Crippen LogP contribution in [0.5, 0.6) is 0 Å². The third-order valence-corrected chi connectivity index (χ3v) is 6.60. The van der Waals surface area contributed by atoms with Gasteiger partial charge in [-0.25, -0.2) is 17.2 Å². The summed E-state index contributed by atoms with van der Waals surface area (Å²) in [6.07, 6.45) is 4.58. The summed E-state index contributed by atoms with van der Waals surface area (Å²) < 4.78 is 54.2. The number of benzene rings is 2. The number of nitrogens with zero attached hydrogens (tertiary/aromatic N) is 1. The summed E-state index contributed by atoms with van der Waals surface area (Å²) in [5.74, 6) is -2.05. The molecular formula is C21H17BrF2N2O3S.